The number of carbonyl (C=O) groups excluding carboxylic acids is 1. The minimum atomic E-state index is -0.522. The van der Waals surface area contributed by atoms with Gasteiger partial charge in [0.1, 0.15) is 11.6 Å². The van der Waals surface area contributed by atoms with E-state index in [1.807, 2.05) is 18.7 Å². The molecule has 4 nitrogen and oxygen atoms in total. The van der Waals surface area contributed by atoms with Crippen LogP contribution in [0.25, 0.3) is 0 Å². The molecule has 0 amide bonds. The second-order valence-corrected chi connectivity index (χ2v) is 7.00. The van der Waals surface area contributed by atoms with E-state index >= 15 is 0 Å². The summed E-state index contributed by atoms with van der Waals surface area (Å²) in [5.74, 6) is -0.104. The fourth-order valence-corrected chi connectivity index (χ4v) is 3.94. The first-order valence-corrected chi connectivity index (χ1v) is 8.26. The van der Waals surface area contributed by atoms with Crippen molar-refractivity contribution < 1.29 is 13.6 Å². The number of hydrogen-bond acceptors (Lipinski definition) is 3. The lowest BCUT2D eigenvalue weighted by Crippen LogP contribution is -2.34. The highest BCUT2D eigenvalue weighted by molar-refractivity contribution is 5.80. The Morgan fingerprint density at radius 2 is 2.12 bits per heavy atom. The topological polar surface area (TPSA) is 38.1 Å². The summed E-state index contributed by atoms with van der Waals surface area (Å²) in [5, 5.41) is 4.39. The molecule has 1 aromatic heterocycles. The van der Waals surface area contributed by atoms with E-state index in [1.54, 1.807) is 12.3 Å². The Morgan fingerprint density at radius 1 is 1.33 bits per heavy atom. The van der Waals surface area contributed by atoms with E-state index in [2.05, 4.69) is 5.10 Å². The predicted octanol–water partition coefficient (Wildman–Crippen LogP) is 3.58. The standard InChI is InChI=1S/C18H19F2N3O/c1-11(2)17(24)23-8-6-16(21-23)22-7-5-12-10-18(12,22)14-9-13(19)3-4-15(14)20/h3-4,6,8-9,11-12H,5,7,10H2,1-2H3/t12-,18+/m0/s1. The number of hydrogen-bond donors (Lipinski definition) is 0. The predicted molar refractivity (Wildman–Crippen MR) is 85.8 cm³/mol. The van der Waals surface area contributed by atoms with Crippen molar-refractivity contribution in [2.75, 3.05) is 11.4 Å². The molecule has 1 saturated heterocycles. The number of benzene rings is 1. The molecule has 0 N–H and O–H groups in total. The Labute approximate surface area is 139 Å². The molecule has 0 unspecified atom stereocenters. The molecule has 0 bridgehead atoms. The Bertz CT molecular complexity index is 816. The summed E-state index contributed by atoms with van der Waals surface area (Å²) in [7, 11) is 0. The quantitative estimate of drug-likeness (QED) is 0.863. The molecule has 0 spiro atoms. The number of carbonyl (C=O) groups is 1. The third-order valence-electron chi connectivity index (χ3n) is 5.22. The minimum absolute atomic E-state index is 0.0845. The van der Waals surface area contributed by atoms with Gasteiger partial charge in [0.05, 0.1) is 5.54 Å². The lowest BCUT2D eigenvalue weighted by molar-refractivity contribution is 0.0838. The first-order valence-electron chi connectivity index (χ1n) is 8.26. The van der Waals surface area contributed by atoms with Gasteiger partial charge in [-0.3, -0.25) is 4.79 Å². The van der Waals surface area contributed by atoms with Crippen LogP contribution < -0.4 is 4.90 Å². The highest BCUT2D eigenvalue weighted by Crippen LogP contribution is 2.63. The number of halogens is 2. The van der Waals surface area contributed by atoms with E-state index < -0.39 is 11.4 Å². The van der Waals surface area contributed by atoms with Crippen LogP contribution in [0, 0.1) is 23.5 Å². The van der Waals surface area contributed by atoms with Crippen molar-refractivity contribution in [3.05, 3.63) is 47.7 Å². The molecule has 2 aromatic rings. The zero-order valence-corrected chi connectivity index (χ0v) is 13.7. The Kier molecular flexibility index (Phi) is 3.27. The van der Waals surface area contributed by atoms with E-state index in [4.69, 9.17) is 0 Å². The lowest BCUT2D eigenvalue weighted by Gasteiger charge is -2.29. The van der Waals surface area contributed by atoms with Crippen molar-refractivity contribution in [3.63, 3.8) is 0 Å². The van der Waals surface area contributed by atoms with Gasteiger partial charge in [0.25, 0.3) is 0 Å². The number of anilines is 1. The molecule has 2 atom stereocenters. The fraction of sp³-hybridized carbons (Fsp3) is 0.444. The molecule has 1 aliphatic carbocycles. The van der Waals surface area contributed by atoms with E-state index in [0.717, 1.165) is 25.5 Å². The first-order chi connectivity index (χ1) is 11.4. The minimum Gasteiger partial charge on any atom is -0.345 e. The summed E-state index contributed by atoms with van der Waals surface area (Å²) in [6.07, 6.45) is 3.35. The van der Waals surface area contributed by atoms with Crippen LogP contribution in [0.3, 0.4) is 0 Å². The smallest absolute Gasteiger partial charge is 0.249 e. The van der Waals surface area contributed by atoms with Crippen molar-refractivity contribution in [2.24, 2.45) is 11.8 Å². The maximum absolute atomic E-state index is 14.3. The number of piperidine rings is 1. The summed E-state index contributed by atoms with van der Waals surface area (Å²) in [5.41, 5.74) is -0.124. The average molecular weight is 331 g/mol. The third kappa shape index (κ3) is 2.08. The van der Waals surface area contributed by atoms with Gasteiger partial charge in [-0.25, -0.2) is 13.5 Å². The van der Waals surface area contributed by atoms with Crippen molar-refractivity contribution in [1.29, 1.82) is 0 Å². The normalized spacial score (nSPS) is 25.2. The van der Waals surface area contributed by atoms with Crippen LogP contribution in [0.15, 0.2) is 30.5 Å². The summed E-state index contributed by atoms with van der Waals surface area (Å²) >= 11 is 0. The average Bonchev–Trinajstić information content (AvgIpc) is 2.93. The summed E-state index contributed by atoms with van der Waals surface area (Å²) < 4.78 is 29.4. The van der Waals surface area contributed by atoms with Crippen LogP contribution in [0.2, 0.25) is 0 Å². The Morgan fingerprint density at radius 3 is 2.83 bits per heavy atom. The molecule has 1 saturated carbocycles. The SMILES string of the molecule is CC(C)C(=O)n1ccc(N2CC[C@H]3C[C@]32c2cc(F)ccc2F)n1. The van der Waals surface area contributed by atoms with Gasteiger partial charge >= 0.3 is 0 Å². The molecular weight excluding hydrogens is 312 g/mol. The van der Waals surface area contributed by atoms with Crippen molar-refractivity contribution in [2.45, 2.75) is 32.2 Å². The zero-order valence-electron chi connectivity index (χ0n) is 13.7. The summed E-state index contributed by atoms with van der Waals surface area (Å²) in [4.78, 5) is 14.1. The van der Waals surface area contributed by atoms with Gasteiger partial charge < -0.3 is 4.90 Å². The maximum atomic E-state index is 14.3. The summed E-state index contributed by atoms with van der Waals surface area (Å²) in [6, 6.07) is 5.40. The van der Waals surface area contributed by atoms with Gasteiger partial charge in [-0.15, -0.1) is 5.10 Å². The zero-order chi connectivity index (χ0) is 17.1. The van der Waals surface area contributed by atoms with Crippen molar-refractivity contribution in [1.82, 2.24) is 9.78 Å². The lowest BCUT2D eigenvalue weighted by atomic mass is 10.0. The van der Waals surface area contributed by atoms with Gasteiger partial charge in [0, 0.05) is 30.3 Å². The fourth-order valence-electron chi connectivity index (χ4n) is 3.94. The van der Waals surface area contributed by atoms with Gasteiger partial charge in [-0.2, -0.15) is 0 Å². The van der Waals surface area contributed by atoms with E-state index in [1.165, 1.54) is 16.8 Å². The van der Waals surface area contributed by atoms with Crippen LogP contribution >= 0.6 is 0 Å². The van der Waals surface area contributed by atoms with Gasteiger partial charge in [-0.05, 0) is 37.0 Å². The molecule has 2 aliphatic rings. The molecule has 126 valence electrons. The monoisotopic (exact) mass is 331 g/mol. The van der Waals surface area contributed by atoms with Crippen molar-refractivity contribution in [3.8, 4) is 0 Å². The van der Waals surface area contributed by atoms with E-state index in [0.29, 0.717) is 17.3 Å². The number of aromatic nitrogens is 2. The first kappa shape index (κ1) is 15.3. The van der Waals surface area contributed by atoms with Crippen LogP contribution in [-0.2, 0) is 5.54 Å². The number of fused-ring (bicyclic) bond motifs is 1. The van der Waals surface area contributed by atoms with Gasteiger partial charge in [0.2, 0.25) is 5.91 Å². The number of rotatable bonds is 3. The molecule has 1 aromatic carbocycles. The molecule has 2 heterocycles. The van der Waals surface area contributed by atoms with Crippen LogP contribution in [-0.4, -0.2) is 22.2 Å². The van der Waals surface area contributed by atoms with Crippen LogP contribution in [0.5, 0.6) is 0 Å². The highest BCUT2D eigenvalue weighted by atomic mass is 19.1. The molecule has 1 aliphatic heterocycles. The molecule has 24 heavy (non-hydrogen) atoms. The van der Waals surface area contributed by atoms with Crippen molar-refractivity contribution >= 4 is 11.7 Å². The van der Waals surface area contributed by atoms with Gasteiger partial charge in [-0.1, -0.05) is 13.8 Å². The van der Waals surface area contributed by atoms with E-state index in [-0.39, 0.29) is 17.6 Å². The van der Waals surface area contributed by atoms with Gasteiger partial charge in [0.15, 0.2) is 5.82 Å². The molecule has 4 rings (SSSR count). The molecule has 2 fully saturated rings. The molecule has 0 radical (unpaired) electrons. The molecular formula is C18H19F2N3O. The van der Waals surface area contributed by atoms with E-state index in [9.17, 15) is 13.6 Å². The Balaban J connectivity index is 1.72. The Hall–Kier alpha value is -2.24. The van der Waals surface area contributed by atoms with Crippen LogP contribution in [0.1, 0.15) is 37.0 Å². The summed E-state index contributed by atoms with van der Waals surface area (Å²) in [6.45, 7) is 4.37. The highest BCUT2D eigenvalue weighted by Gasteiger charge is 2.64. The van der Waals surface area contributed by atoms with Crippen LogP contribution in [0.4, 0.5) is 14.6 Å². The third-order valence-corrected chi connectivity index (χ3v) is 5.22. The largest absolute Gasteiger partial charge is 0.345 e. The second kappa shape index (κ2) is 5.13. The second-order valence-electron chi connectivity index (χ2n) is 7.00. The maximum Gasteiger partial charge on any atom is 0.249 e. The molecule has 6 heteroatoms. The number of nitrogens with zero attached hydrogens (tertiary/aromatic N) is 3.